The molecule has 0 bridgehead atoms. The molecule has 0 atom stereocenters. The molecule has 1 saturated heterocycles. The molecule has 1 fully saturated rings. The quantitative estimate of drug-likeness (QED) is 0.197. The number of pyridine rings is 2. The van der Waals surface area contributed by atoms with Gasteiger partial charge in [0.25, 0.3) is 5.91 Å². The molecule has 5 rings (SSSR count). The fraction of sp³-hybridized carbons (Fsp3) is 0.250. The van der Waals surface area contributed by atoms with Crippen LogP contribution in [0.1, 0.15) is 16.8 Å². The van der Waals surface area contributed by atoms with Gasteiger partial charge in [-0.15, -0.1) is 0 Å². The lowest BCUT2D eigenvalue weighted by Gasteiger charge is -2.32. The fourth-order valence-electron chi connectivity index (χ4n) is 4.61. The van der Waals surface area contributed by atoms with Crippen LogP contribution in [0.3, 0.4) is 0 Å². The first-order valence-electron chi connectivity index (χ1n) is 13.9. The molecular weight excluding hydrogens is 532 g/mol. The molecule has 0 spiro atoms. The van der Waals surface area contributed by atoms with Gasteiger partial charge in [-0.1, -0.05) is 12.6 Å². The van der Waals surface area contributed by atoms with Crippen LogP contribution in [-0.2, 0) is 4.79 Å². The van der Waals surface area contributed by atoms with Crippen molar-refractivity contribution in [2.75, 3.05) is 57.0 Å². The van der Waals surface area contributed by atoms with Crippen LogP contribution < -0.4 is 20.1 Å². The average Bonchev–Trinajstić information content (AvgIpc) is 3.01. The number of likely N-dealkylation sites (N-methyl/N-ethyl adjacent to an activating group) is 1. The number of carbonyl (C=O) groups excluding carboxylic acids is 2. The highest BCUT2D eigenvalue weighted by Crippen LogP contribution is 2.36. The third kappa shape index (κ3) is 7.48. The number of nitrogens with zero attached hydrogens (tertiary/aromatic N) is 4. The van der Waals surface area contributed by atoms with Crippen LogP contribution in [0.4, 0.5) is 11.5 Å². The van der Waals surface area contributed by atoms with E-state index in [1.807, 2.05) is 6.07 Å². The van der Waals surface area contributed by atoms with Gasteiger partial charge in [0.15, 0.2) is 0 Å². The summed E-state index contributed by atoms with van der Waals surface area (Å²) in [4.78, 5) is 38.2. The minimum Gasteiger partial charge on any atom is -0.491 e. The fourth-order valence-corrected chi connectivity index (χ4v) is 4.61. The monoisotopic (exact) mass is 566 g/mol. The number of fused-ring (bicyclic) bond motifs is 1. The summed E-state index contributed by atoms with van der Waals surface area (Å²) in [6.07, 6.45) is 5.35. The molecule has 10 nitrogen and oxygen atoms in total. The van der Waals surface area contributed by atoms with E-state index in [0.717, 1.165) is 39.1 Å². The molecule has 216 valence electrons. The van der Waals surface area contributed by atoms with Crippen molar-refractivity contribution in [3.8, 4) is 17.2 Å². The lowest BCUT2D eigenvalue weighted by molar-refractivity contribution is -0.111. The first kappa shape index (κ1) is 28.7. The van der Waals surface area contributed by atoms with Crippen molar-refractivity contribution in [1.29, 1.82) is 0 Å². The van der Waals surface area contributed by atoms with Crippen LogP contribution >= 0.6 is 0 Å². The summed E-state index contributed by atoms with van der Waals surface area (Å²) in [5, 5.41) is 6.30. The molecular formula is C32H34N6O4. The van der Waals surface area contributed by atoms with Gasteiger partial charge < -0.3 is 29.9 Å². The molecule has 0 aliphatic carbocycles. The first-order valence-corrected chi connectivity index (χ1v) is 13.9. The number of piperazine rings is 1. The van der Waals surface area contributed by atoms with E-state index in [1.165, 1.54) is 6.08 Å². The minimum absolute atomic E-state index is 0.270. The Bertz CT molecular complexity index is 1540. The smallest absolute Gasteiger partial charge is 0.256 e. The second-order valence-corrected chi connectivity index (χ2v) is 10.0. The van der Waals surface area contributed by atoms with Gasteiger partial charge in [-0.3, -0.25) is 14.6 Å². The number of hydrogen-bond donors (Lipinski definition) is 2. The van der Waals surface area contributed by atoms with Crippen molar-refractivity contribution in [2.45, 2.75) is 6.42 Å². The number of anilines is 2. The van der Waals surface area contributed by atoms with Gasteiger partial charge in [-0.25, -0.2) is 4.98 Å². The van der Waals surface area contributed by atoms with Gasteiger partial charge >= 0.3 is 0 Å². The zero-order valence-electron chi connectivity index (χ0n) is 23.6. The molecule has 3 heterocycles. The number of benzene rings is 2. The molecule has 0 saturated carbocycles. The van der Waals surface area contributed by atoms with Gasteiger partial charge in [-0.2, -0.15) is 0 Å². The second kappa shape index (κ2) is 13.7. The average molecular weight is 567 g/mol. The number of hydrogen-bond acceptors (Lipinski definition) is 8. The number of rotatable bonds is 11. The normalized spacial score (nSPS) is 13.8. The highest BCUT2D eigenvalue weighted by molar-refractivity contribution is 6.04. The van der Waals surface area contributed by atoms with Crippen molar-refractivity contribution < 1.29 is 19.1 Å². The molecule has 42 heavy (non-hydrogen) atoms. The Balaban J connectivity index is 1.29. The van der Waals surface area contributed by atoms with E-state index in [-0.39, 0.29) is 11.8 Å². The van der Waals surface area contributed by atoms with E-state index in [9.17, 15) is 9.59 Å². The van der Waals surface area contributed by atoms with E-state index in [0.29, 0.717) is 51.8 Å². The predicted molar refractivity (Wildman–Crippen MR) is 163 cm³/mol. The van der Waals surface area contributed by atoms with E-state index in [4.69, 9.17) is 9.47 Å². The second-order valence-electron chi connectivity index (χ2n) is 10.0. The van der Waals surface area contributed by atoms with Crippen LogP contribution in [0.2, 0.25) is 0 Å². The Kier molecular flexibility index (Phi) is 9.37. The van der Waals surface area contributed by atoms with E-state index in [1.54, 1.807) is 67.0 Å². The maximum Gasteiger partial charge on any atom is 0.256 e. The van der Waals surface area contributed by atoms with E-state index < -0.39 is 0 Å². The predicted octanol–water partition coefficient (Wildman–Crippen LogP) is 4.82. The molecule has 2 aromatic carbocycles. The molecule has 10 heteroatoms. The molecule has 1 aliphatic heterocycles. The number of ether oxygens (including phenoxy) is 2. The van der Waals surface area contributed by atoms with Gasteiger partial charge in [0.1, 0.15) is 23.1 Å². The summed E-state index contributed by atoms with van der Waals surface area (Å²) in [6, 6.07) is 17.5. The zero-order chi connectivity index (χ0) is 29.3. The number of aromatic nitrogens is 2. The first-order chi connectivity index (χ1) is 20.5. The van der Waals surface area contributed by atoms with Crippen LogP contribution in [0, 0.1) is 0 Å². The molecule has 2 aromatic heterocycles. The molecule has 0 unspecified atom stereocenters. The number of amides is 2. The van der Waals surface area contributed by atoms with Gasteiger partial charge in [-0.05, 0) is 68.1 Å². The van der Waals surface area contributed by atoms with Crippen molar-refractivity contribution in [3.63, 3.8) is 0 Å². The van der Waals surface area contributed by atoms with Crippen LogP contribution in [0.15, 0.2) is 85.7 Å². The Morgan fingerprint density at radius 2 is 1.76 bits per heavy atom. The summed E-state index contributed by atoms with van der Waals surface area (Å²) in [7, 11) is 2.14. The maximum absolute atomic E-state index is 12.6. The van der Waals surface area contributed by atoms with Crippen LogP contribution in [0.25, 0.3) is 10.9 Å². The van der Waals surface area contributed by atoms with Crippen molar-refractivity contribution in [2.24, 2.45) is 0 Å². The maximum atomic E-state index is 12.6. The number of carbonyl (C=O) groups is 2. The lowest BCUT2D eigenvalue weighted by Crippen LogP contribution is -2.44. The Morgan fingerprint density at radius 1 is 0.952 bits per heavy atom. The molecule has 1 aliphatic rings. The van der Waals surface area contributed by atoms with Gasteiger partial charge in [0.05, 0.1) is 17.8 Å². The molecule has 2 amide bonds. The van der Waals surface area contributed by atoms with Crippen molar-refractivity contribution in [1.82, 2.24) is 19.8 Å². The molecule has 0 radical (unpaired) electrons. The summed E-state index contributed by atoms with van der Waals surface area (Å²) >= 11 is 0. The van der Waals surface area contributed by atoms with Crippen LogP contribution in [-0.4, -0.2) is 78.0 Å². The van der Waals surface area contributed by atoms with E-state index in [2.05, 4.69) is 44.0 Å². The molecule has 4 aromatic rings. The topological polar surface area (TPSA) is 109 Å². The minimum atomic E-state index is -0.345. The van der Waals surface area contributed by atoms with Gasteiger partial charge in [0, 0.05) is 62.1 Å². The Labute approximate surface area is 245 Å². The van der Waals surface area contributed by atoms with Crippen molar-refractivity contribution in [3.05, 3.63) is 91.3 Å². The summed E-state index contributed by atoms with van der Waals surface area (Å²) in [5.41, 5.74) is 1.63. The molecule has 2 N–H and O–H groups in total. The highest BCUT2D eigenvalue weighted by Gasteiger charge is 2.16. The standard InChI is InChI=1S/C32H34N6O4/c1-3-31(39)35-27-21-25-26(22-29(27)41-20-6-15-38-18-16-37(2)17-19-38)33-14-12-28(25)42-24-10-8-23(9-11-24)32(40)36-30-7-4-5-13-34-30/h3-5,7-14,21-22H,1,6,15-20H2,2H3,(H,35,39)(H,34,36,40). The summed E-state index contributed by atoms with van der Waals surface area (Å²) in [6.45, 7) is 9.29. The third-order valence-electron chi connectivity index (χ3n) is 6.97. The summed E-state index contributed by atoms with van der Waals surface area (Å²) in [5.74, 6) is 1.47. The van der Waals surface area contributed by atoms with Gasteiger partial charge in [0.2, 0.25) is 5.91 Å². The number of nitrogens with one attached hydrogen (secondary N) is 2. The Morgan fingerprint density at radius 3 is 2.50 bits per heavy atom. The lowest BCUT2D eigenvalue weighted by atomic mass is 10.1. The largest absolute Gasteiger partial charge is 0.491 e. The highest BCUT2D eigenvalue weighted by atomic mass is 16.5. The van der Waals surface area contributed by atoms with Crippen LogP contribution in [0.5, 0.6) is 17.2 Å². The van der Waals surface area contributed by atoms with E-state index >= 15 is 0 Å². The zero-order valence-corrected chi connectivity index (χ0v) is 23.6. The van der Waals surface area contributed by atoms with Crippen molar-refractivity contribution >= 4 is 34.2 Å². The Hall–Kier alpha value is -4.80. The SMILES string of the molecule is C=CC(=O)Nc1cc2c(Oc3ccc(C(=O)Nc4ccccn4)cc3)ccnc2cc1OCCCN1CCN(C)CC1. The summed E-state index contributed by atoms with van der Waals surface area (Å²) < 4.78 is 12.3. The third-order valence-corrected chi connectivity index (χ3v) is 6.97.